The average Bonchev–Trinajstić information content (AvgIpc) is 2.60. The second kappa shape index (κ2) is 7.70. The molecule has 1 atom stereocenters. The quantitative estimate of drug-likeness (QED) is 0.822. The Morgan fingerprint density at radius 1 is 1.31 bits per heavy atom. The Hall–Kier alpha value is -2.67. The first-order chi connectivity index (χ1) is 12.4. The molecule has 0 radical (unpaired) electrons. The molecule has 0 saturated carbocycles. The highest BCUT2D eigenvalue weighted by molar-refractivity contribution is 6.30. The zero-order chi connectivity index (χ0) is 18.7. The van der Waals surface area contributed by atoms with Gasteiger partial charge in [-0.15, -0.1) is 0 Å². The van der Waals surface area contributed by atoms with Crippen LogP contribution in [0.2, 0.25) is 5.02 Å². The molecule has 26 heavy (non-hydrogen) atoms. The third-order valence-electron chi connectivity index (χ3n) is 3.88. The first-order valence-electron chi connectivity index (χ1n) is 7.84. The summed E-state index contributed by atoms with van der Waals surface area (Å²) in [6, 6.07) is 11.3. The molecule has 0 fully saturated rings. The van der Waals surface area contributed by atoms with Crippen LogP contribution in [0.3, 0.4) is 0 Å². The van der Waals surface area contributed by atoms with E-state index in [-0.39, 0.29) is 28.8 Å². The van der Waals surface area contributed by atoms with Crippen LogP contribution in [0.5, 0.6) is 5.75 Å². The number of ether oxygens (including phenoxy) is 1. The molecule has 0 bridgehead atoms. The van der Waals surface area contributed by atoms with Crippen molar-refractivity contribution in [3.05, 3.63) is 53.1 Å². The lowest BCUT2D eigenvalue weighted by Crippen LogP contribution is -2.30. The van der Waals surface area contributed by atoms with Gasteiger partial charge in [-0.25, -0.2) is 8.78 Å². The van der Waals surface area contributed by atoms with Gasteiger partial charge in [-0.2, -0.15) is 0 Å². The molecular weight excluding hydrogens is 366 g/mol. The minimum atomic E-state index is -2.66. The average molecular weight is 381 g/mol. The van der Waals surface area contributed by atoms with E-state index < -0.39 is 24.9 Å². The molecule has 136 valence electrons. The van der Waals surface area contributed by atoms with E-state index in [0.29, 0.717) is 11.3 Å². The molecule has 2 amide bonds. The summed E-state index contributed by atoms with van der Waals surface area (Å²) in [5, 5.41) is 5.65. The minimum Gasteiger partial charge on any atom is -0.485 e. The van der Waals surface area contributed by atoms with Crippen molar-refractivity contribution in [2.75, 3.05) is 17.2 Å². The van der Waals surface area contributed by atoms with Crippen molar-refractivity contribution < 1.29 is 23.1 Å². The molecule has 0 spiro atoms. The molecule has 1 aliphatic rings. The summed E-state index contributed by atoms with van der Waals surface area (Å²) in [6.07, 6.45) is -2.67. The largest absolute Gasteiger partial charge is 0.485 e. The third-order valence-corrected chi connectivity index (χ3v) is 4.12. The SMILES string of the molecule is O=C1CC(C(=O)Nc2ccc(Cl)cc2OCC(F)F)c2ccccc2N1. The van der Waals surface area contributed by atoms with Gasteiger partial charge in [0.2, 0.25) is 11.8 Å². The van der Waals surface area contributed by atoms with Crippen LogP contribution < -0.4 is 15.4 Å². The molecule has 1 aliphatic heterocycles. The van der Waals surface area contributed by atoms with Gasteiger partial charge >= 0.3 is 0 Å². The normalized spacial score (nSPS) is 16.0. The van der Waals surface area contributed by atoms with Gasteiger partial charge in [-0.1, -0.05) is 29.8 Å². The standard InChI is InChI=1S/C18H15ClF2N2O3/c19-10-5-6-14(15(7-10)26-9-16(20)21)23-18(25)12-8-17(24)22-13-4-2-1-3-11(12)13/h1-7,12,16H,8-9H2,(H,22,24)(H,23,25). The van der Waals surface area contributed by atoms with Crippen molar-refractivity contribution in [3.8, 4) is 5.75 Å². The van der Waals surface area contributed by atoms with Gasteiger partial charge in [-0.05, 0) is 23.8 Å². The number of hydrogen-bond donors (Lipinski definition) is 2. The number of benzene rings is 2. The van der Waals surface area contributed by atoms with E-state index >= 15 is 0 Å². The van der Waals surface area contributed by atoms with Crippen LogP contribution in [0.4, 0.5) is 20.2 Å². The number of fused-ring (bicyclic) bond motifs is 1. The Bertz CT molecular complexity index is 845. The van der Waals surface area contributed by atoms with E-state index in [9.17, 15) is 18.4 Å². The predicted molar refractivity (Wildman–Crippen MR) is 94.0 cm³/mol. The van der Waals surface area contributed by atoms with Crippen molar-refractivity contribution in [3.63, 3.8) is 0 Å². The van der Waals surface area contributed by atoms with Crippen LogP contribution in [0.25, 0.3) is 0 Å². The maximum absolute atomic E-state index is 12.7. The van der Waals surface area contributed by atoms with E-state index in [4.69, 9.17) is 16.3 Å². The molecule has 0 saturated heterocycles. The first kappa shape index (κ1) is 18.1. The van der Waals surface area contributed by atoms with Gasteiger partial charge in [0.25, 0.3) is 6.43 Å². The van der Waals surface area contributed by atoms with Gasteiger partial charge in [0.15, 0.2) is 0 Å². The van der Waals surface area contributed by atoms with E-state index in [0.717, 1.165) is 0 Å². The predicted octanol–water partition coefficient (Wildman–Crippen LogP) is 4.05. The molecule has 0 aromatic heterocycles. The smallest absolute Gasteiger partial charge is 0.272 e. The Labute approximate surface area is 153 Å². The highest BCUT2D eigenvalue weighted by atomic mass is 35.5. The Balaban J connectivity index is 1.83. The number of carbonyl (C=O) groups is 2. The van der Waals surface area contributed by atoms with Gasteiger partial charge in [0.1, 0.15) is 12.4 Å². The van der Waals surface area contributed by atoms with E-state index in [1.54, 1.807) is 24.3 Å². The molecule has 2 aromatic carbocycles. The van der Waals surface area contributed by atoms with E-state index in [1.165, 1.54) is 18.2 Å². The van der Waals surface area contributed by atoms with Gasteiger partial charge in [0, 0.05) is 23.2 Å². The topological polar surface area (TPSA) is 67.4 Å². The Morgan fingerprint density at radius 2 is 2.08 bits per heavy atom. The van der Waals surface area contributed by atoms with Gasteiger partial charge in [-0.3, -0.25) is 9.59 Å². The van der Waals surface area contributed by atoms with Crippen LogP contribution in [0, 0.1) is 0 Å². The van der Waals surface area contributed by atoms with Gasteiger partial charge < -0.3 is 15.4 Å². The summed E-state index contributed by atoms with van der Waals surface area (Å²) in [5.74, 6) is -1.36. The number of anilines is 2. The number of hydrogen-bond acceptors (Lipinski definition) is 3. The highest BCUT2D eigenvalue weighted by Gasteiger charge is 2.30. The maximum atomic E-state index is 12.7. The molecule has 2 aromatic rings. The summed E-state index contributed by atoms with van der Waals surface area (Å²) in [4.78, 5) is 24.6. The lowest BCUT2D eigenvalue weighted by atomic mass is 9.90. The molecule has 1 heterocycles. The summed E-state index contributed by atoms with van der Waals surface area (Å²) in [7, 11) is 0. The Kier molecular flexibility index (Phi) is 5.37. The zero-order valence-electron chi connectivity index (χ0n) is 13.5. The van der Waals surface area contributed by atoms with Crippen molar-refractivity contribution >= 4 is 34.8 Å². The van der Waals surface area contributed by atoms with Crippen LogP contribution in [-0.4, -0.2) is 24.8 Å². The summed E-state index contributed by atoms with van der Waals surface area (Å²) >= 11 is 5.87. The van der Waals surface area contributed by atoms with E-state index in [2.05, 4.69) is 10.6 Å². The van der Waals surface area contributed by atoms with E-state index in [1.807, 2.05) is 0 Å². The summed E-state index contributed by atoms with van der Waals surface area (Å²) < 4.78 is 29.9. The molecule has 3 rings (SSSR count). The number of nitrogens with one attached hydrogen (secondary N) is 2. The van der Waals surface area contributed by atoms with Crippen molar-refractivity contribution in [2.45, 2.75) is 18.8 Å². The number of para-hydroxylation sites is 1. The van der Waals surface area contributed by atoms with Crippen LogP contribution in [0.1, 0.15) is 17.9 Å². The number of alkyl halides is 2. The number of rotatable bonds is 5. The zero-order valence-corrected chi connectivity index (χ0v) is 14.2. The molecular formula is C18H15ClF2N2O3. The molecule has 2 N–H and O–H groups in total. The second-order valence-corrected chi connectivity index (χ2v) is 6.16. The third kappa shape index (κ3) is 4.11. The fraction of sp³-hybridized carbons (Fsp3) is 0.222. The number of halogens is 3. The van der Waals surface area contributed by atoms with Crippen molar-refractivity contribution in [1.82, 2.24) is 0 Å². The fourth-order valence-electron chi connectivity index (χ4n) is 2.74. The van der Waals surface area contributed by atoms with Crippen molar-refractivity contribution in [2.24, 2.45) is 0 Å². The highest BCUT2D eigenvalue weighted by Crippen LogP contribution is 2.34. The Morgan fingerprint density at radius 3 is 2.85 bits per heavy atom. The van der Waals surface area contributed by atoms with Crippen LogP contribution in [0.15, 0.2) is 42.5 Å². The second-order valence-electron chi connectivity index (χ2n) is 5.72. The molecule has 5 nitrogen and oxygen atoms in total. The fourth-order valence-corrected chi connectivity index (χ4v) is 2.90. The molecule has 1 unspecified atom stereocenters. The van der Waals surface area contributed by atoms with Crippen LogP contribution >= 0.6 is 11.6 Å². The lowest BCUT2D eigenvalue weighted by molar-refractivity contribution is -0.123. The first-order valence-corrected chi connectivity index (χ1v) is 8.22. The van der Waals surface area contributed by atoms with Gasteiger partial charge in [0.05, 0.1) is 11.6 Å². The monoisotopic (exact) mass is 380 g/mol. The minimum absolute atomic E-state index is 0.0103. The van der Waals surface area contributed by atoms with Crippen molar-refractivity contribution in [1.29, 1.82) is 0 Å². The number of amides is 2. The summed E-state index contributed by atoms with van der Waals surface area (Å²) in [6.45, 7) is -0.822. The molecule has 0 aliphatic carbocycles. The molecule has 8 heteroatoms. The lowest BCUT2D eigenvalue weighted by Gasteiger charge is -2.25. The maximum Gasteiger partial charge on any atom is 0.272 e. The summed E-state index contributed by atoms with van der Waals surface area (Å²) in [5.41, 5.74) is 1.48. The van der Waals surface area contributed by atoms with Crippen LogP contribution in [-0.2, 0) is 9.59 Å². The number of carbonyl (C=O) groups excluding carboxylic acids is 2.